The molecule has 1 aromatic carbocycles. The molecule has 0 bridgehead atoms. The molecule has 0 saturated carbocycles. The van der Waals surface area contributed by atoms with Crippen molar-refractivity contribution in [2.75, 3.05) is 6.61 Å². The number of alkyl halides is 3. The van der Waals surface area contributed by atoms with Gasteiger partial charge in [-0.05, 0) is 19.1 Å². The lowest BCUT2D eigenvalue weighted by atomic mass is 10.2. The Balaban J connectivity index is 2.90. The number of hydrogen-bond donors (Lipinski definition) is 0. The van der Waals surface area contributed by atoms with Crippen molar-refractivity contribution in [3.8, 4) is 5.75 Å². The second-order valence-electron chi connectivity index (χ2n) is 2.89. The molecule has 0 spiro atoms. The molecular formula is C9H7BrF4O. The average Bonchev–Trinajstić information content (AvgIpc) is 2.10. The fraction of sp³-hybridized carbons (Fsp3) is 0.333. The molecule has 1 nitrogen and oxygen atoms in total. The monoisotopic (exact) mass is 286 g/mol. The second kappa shape index (κ2) is 4.38. The minimum atomic E-state index is -4.47. The predicted molar refractivity (Wildman–Crippen MR) is 50.4 cm³/mol. The fourth-order valence-electron chi connectivity index (χ4n) is 0.966. The molecule has 0 amide bonds. The first kappa shape index (κ1) is 12.3. The summed E-state index contributed by atoms with van der Waals surface area (Å²) in [5, 5.41) is 0. The van der Waals surface area contributed by atoms with Crippen LogP contribution in [0, 0.1) is 12.7 Å². The Labute approximate surface area is 92.2 Å². The SMILES string of the molecule is Cc1c(Br)ccc(F)c1OCC(F)(F)F. The van der Waals surface area contributed by atoms with Gasteiger partial charge >= 0.3 is 6.18 Å². The van der Waals surface area contributed by atoms with Crippen LogP contribution in [0.4, 0.5) is 17.6 Å². The highest BCUT2D eigenvalue weighted by Crippen LogP contribution is 2.30. The lowest BCUT2D eigenvalue weighted by Gasteiger charge is -2.12. The van der Waals surface area contributed by atoms with Crippen molar-refractivity contribution in [2.45, 2.75) is 13.1 Å². The van der Waals surface area contributed by atoms with Crippen LogP contribution in [-0.4, -0.2) is 12.8 Å². The molecule has 15 heavy (non-hydrogen) atoms. The molecule has 0 aliphatic rings. The van der Waals surface area contributed by atoms with E-state index in [0.29, 0.717) is 10.0 Å². The van der Waals surface area contributed by atoms with Gasteiger partial charge in [0.25, 0.3) is 0 Å². The molecular weight excluding hydrogens is 280 g/mol. The van der Waals surface area contributed by atoms with Gasteiger partial charge in [0.1, 0.15) is 0 Å². The van der Waals surface area contributed by atoms with Crippen LogP contribution in [-0.2, 0) is 0 Å². The maximum absolute atomic E-state index is 13.1. The summed E-state index contributed by atoms with van der Waals surface area (Å²) in [5.41, 5.74) is 0.305. The molecule has 0 fully saturated rings. The smallest absolute Gasteiger partial charge is 0.422 e. The molecule has 0 heterocycles. The summed E-state index contributed by atoms with van der Waals surface area (Å²) < 4.78 is 53.5. The molecule has 0 aliphatic heterocycles. The molecule has 0 radical (unpaired) electrons. The zero-order valence-corrected chi connectivity index (χ0v) is 9.25. The second-order valence-corrected chi connectivity index (χ2v) is 3.74. The topological polar surface area (TPSA) is 9.23 Å². The maximum atomic E-state index is 13.1. The van der Waals surface area contributed by atoms with Gasteiger partial charge in [-0.25, -0.2) is 4.39 Å². The minimum absolute atomic E-state index is 0.305. The van der Waals surface area contributed by atoms with Crippen molar-refractivity contribution in [3.05, 3.63) is 28.0 Å². The molecule has 1 aromatic rings. The van der Waals surface area contributed by atoms with E-state index in [0.717, 1.165) is 6.07 Å². The van der Waals surface area contributed by atoms with Gasteiger partial charge in [-0.15, -0.1) is 0 Å². The highest BCUT2D eigenvalue weighted by Gasteiger charge is 2.29. The van der Waals surface area contributed by atoms with E-state index in [2.05, 4.69) is 20.7 Å². The summed E-state index contributed by atoms with van der Waals surface area (Å²) >= 11 is 3.07. The summed E-state index contributed by atoms with van der Waals surface area (Å²) in [4.78, 5) is 0. The van der Waals surface area contributed by atoms with E-state index < -0.39 is 18.6 Å². The third-order valence-electron chi connectivity index (χ3n) is 1.67. The van der Waals surface area contributed by atoms with E-state index in [9.17, 15) is 17.6 Å². The van der Waals surface area contributed by atoms with E-state index in [-0.39, 0.29) is 5.75 Å². The van der Waals surface area contributed by atoms with E-state index in [4.69, 9.17) is 0 Å². The third kappa shape index (κ3) is 3.37. The summed E-state index contributed by atoms with van der Waals surface area (Å²) in [6.45, 7) is -0.0277. The van der Waals surface area contributed by atoms with Crippen LogP contribution in [0.25, 0.3) is 0 Å². The summed E-state index contributed by atoms with van der Waals surface area (Å²) in [6, 6.07) is 2.45. The predicted octanol–water partition coefficient (Wildman–Crippen LogP) is 3.84. The highest BCUT2D eigenvalue weighted by atomic mass is 79.9. The molecule has 1 rings (SSSR count). The van der Waals surface area contributed by atoms with Crippen molar-refractivity contribution in [3.63, 3.8) is 0 Å². The molecule has 6 heteroatoms. The first-order valence-corrected chi connectivity index (χ1v) is 4.74. The van der Waals surface area contributed by atoms with Crippen LogP contribution in [0.15, 0.2) is 16.6 Å². The van der Waals surface area contributed by atoms with Crippen molar-refractivity contribution in [1.82, 2.24) is 0 Å². The third-order valence-corrected chi connectivity index (χ3v) is 2.53. The van der Waals surface area contributed by atoms with Gasteiger partial charge in [0.15, 0.2) is 18.2 Å². The highest BCUT2D eigenvalue weighted by molar-refractivity contribution is 9.10. The van der Waals surface area contributed by atoms with Gasteiger partial charge in [-0.2, -0.15) is 13.2 Å². The first-order chi connectivity index (χ1) is 6.81. The van der Waals surface area contributed by atoms with E-state index in [1.54, 1.807) is 0 Å². The van der Waals surface area contributed by atoms with Gasteiger partial charge in [0, 0.05) is 10.0 Å². The van der Waals surface area contributed by atoms with Crippen molar-refractivity contribution >= 4 is 15.9 Å². The van der Waals surface area contributed by atoms with Gasteiger partial charge in [0.2, 0.25) is 0 Å². The molecule has 0 N–H and O–H groups in total. The minimum Gasteiger partial charge on any atom is -0.481 e. The first-order valence-electron chi connectivity index (χ1n) is 3.95. The number of halogens is 5. The van der Waals surface area contributed by atoms with Crippen LogP contribution >= 0.6 is 15.9 Å². The van der Waals surface area contributed by atoms with E-state index in [1.165, 1.54) is 13.0 Å². The Morgan fingerprint density at radius 3 is 2.47 bits per heavy atom. The number of hydrogen-bond acceptors (Lipinski definition) is 1. The van der Waals surface area contributed by atoms with Crippen molar-refractivity contribution < 1.29 is 22.3 Å². The Kier molecular flexibility index (Phi) is 3.59. The quantitative estimate of drug-likeness (QED) is 0.751. The van der Waals surface area contributed by atoms with Crippen LogP contribution in [0.5, 0.6) is 5.75 Å². The Bertz CT molecular complexity index is 362. The molecule has 84 valence electrons. The Morgan fingerprint density at radius 1 is 1.33 bits per heavy atom. The van der Waals surface area contributed by atoms with Crippen molar-refractivity contribution in [2.24, 2.45) is 0 Å². The standard InChI is InChI=1S/C9H7BrF4O/c1-5-6(10)2-3-7(11)8(5)15-4-9(12,13)14/h2-3H,4H2,1H3. The molecule has 0 aliphatic carbocycles. The van der Waals surface area contributed by atoms with E-state index >= 15 is 0 Å². The summed E-state index contributed by atoms with van der Waals surface area (Å²) in [7, 11) is 0. The normalized spacial score (nSPS) is 11.6. The summed E-state index contributed by atoms with van der Waals surface area (Å²) in [5.74, 6) is -1.18. The number of rotatable bonds is 2. The Morgan fingerprint density at radius 2 is 1.93 bits per heavy atom. The molecule has 0 saturated heterocycles. The Hall–Kier alpha value is -0.780. The van der Waals surface area contributed by atoms with E-state index in [1.807, 2.05) is 0 Å². The van der Waals surface area contributed by atoms with Crippen LogP contribution in [0.1, 0.15) is 5.56 Å². The zero-order valence-electron chi connectivity index (χ0n) is 7.66. The maximum Gasteiger partial charge on any atom is 0.422 e. The lowest BCUT2D eigenvalue weighted by molar-refractivity contribution is -0.153. The van der Waals surface area contributed by atoms with Gasteiger partial charge in [0.05, 0.1) is 0 Å². The van der Waals surface area contributed by atoms with Crippen molar-refractivity contribution in [1.29, 1.82) is 0 Å². The van der Waals surface area contributed by atoms with Crippen LogP contribution < -0.4 is 4.74 Å². The van der Waals surface area contributed by atoms with Gasteiger partial charge < -0.3 is 4.74 Å². The van der Waals surface area contributed by atoms with Crippen LogP contribution in [0.2, 0.25) is 0 Å². The fourth-order valence-corrected chi connectivity index (χ4v) is 1.28. The molecule has 0 unspecified atom stereocenters. The zero-order chi connectivity index (χ0) is 11.6. The average molecular weight is 287 g/mol. The van der Waals surface area contributed by atoms with Crippen LogP contribution in [0.3, 0.4) is 0 Å². The van der Waals surface area contributed by atoms with Gasteiger partial charge in [-0.1, -0.05) is 15.9 Å². The molecule has 0 atom stereocenters. The lowest BCUT2D eigenvalue weighted by Crippen LogP contribution is -2.20. The largest absolute Gasteiger partial charge is 0.481 e. The van der Waals surface area contributed by atoms with Gasteiger partial charge in [-0.3, -0.25) is 0 Å². The number of ether oxygens (including phenoxy) is 1. The summed E-state index contributed by atoms with van der Waals surface area (Å²) in [6.07, 6.45) is -4.47. The molecule has 0 aromatic heterocycles. The number of benzene rings is 1.